The number of ether oxygens (including phenoxy) is 1. The lowest BCUT2D eigenvalue weighted by atomic mass is 9.92. The van der Waals surface area contributed by atoms with Crippen LogP contribution in [0.1, 0.15) is 47.3 Å². The molecule has 0 spiro atoms. The fourth-order valence-electron chi connectivity index (χ4n) is 3.82. The molecule has 0 fully saturated rings. The molecule has 4 rings (SSSR count). The van der Waals surface area contributed by atoms with Gasteiger partial charge in [0, 0.05) is 5.56 Å². The number of aryl methyl sites for hydroxylation is 1. The van der Waals surface area contributed by atoms with Crippen molar-refractivity contribution in [2.45, 2.75) is 32.2 Å². The number of rotatable bonds is 2. The van der Waals surface area contributed by atoms with E-state index in [-0.39, 0.29) is 24.5 Å². The molecule has 2 amide bonds. The maximum Gasteiger partial charge on any atom is 0.262 e. The molecule has 0 bridgehead atoms. The fraction of sp³-hybridized carbons (Fsp3) is 0.333. The summed E-state index contributed by atoms with van der Waals surface area (Å²) >= 11 is 0. The zero-order valence-corrected chi connectivity index (χ0v) is 14.7. The van der Waals surface area contributed by atoms with E-state index < -0.39 is 0 Å². The van der Waals surface area contributed by atoms with Crippen molar-refractivity contribution in [3.8, 4) is 5.75 Å². The number of anilines is 1. The van der Waals surface area contributed by atoms with Crippen LogP contribution < -0.4 is 15.4 Å². The number of fused-ring (bicyclic) bond motifs is 2. The minimum atomic E-state index is -0.207. The largest absolute Gasteiger partial charge is 0.482 e. The van der Waals surface area contributed by atoms with Crippen LogP contribution in [0.15, 0.2) is 42.5 Å². The maximum atomic E-state index is 12.9. The Hall–Kier alpha value is -2.82. The van der Waals surface area contributed by atoms with Crippen molar-refractivity contribution in [2.24, 2.45) is 5.92 Å². The van der Waals surface area contributed by atoms with Gasteiger partial charge in [0.25, 0.3) is 11.8 Å². The molecule has 0 unspecified atom stereocenters. The van der Waals surface area contributed by atoms with E-state index in [0.29, 0.717) is 22.9 Å². The van der Waals surface area contributed by atoms with Crippen molar-refractivity contribution in [1.29, 1.82) is 0 Å². The molecule has 0 saturated heterocycles. The molecule has 0 aromatic heterocycles. The third-order valence-electron chi connectivity index (χ3n) is 5.23. The number of hydrogen-bond donors (Lipinski definition) is 2. The highest BCUT2D eigenvalue weighted by Crippen LogP contribution is 2.34. The van der Waals surface area contributed by atoms with Crippen LogP contribution in [0.25, 0.3) is 0 Å². The standard InChI is InChI=1S/C21H22N2O3/c1-13-5-4-7-14-6-2-3-8-16(14)20(13)23-21(25)15-9-10-18-17(11-15)22-19(24)12-26-18/h2-3,6,8-11,13,20H,4-5,7,12H2,1H3,(H,22,24)(H,23,25)/t13-,20-/m1/s1. The Labute approximate surface area is 152 Å². The van der Waals surface area contributed by atoms with Crippen LogP contribution in [0.5, 0.6) is 5.75 Å². The minimum absolute atomic E-state index is 0.00885. The van der Waals surface area contributed by atoms with Gasteiger partial charge in [-0.3, -0.25) is 9.59 Å². The Morgan fingerprint density at radius 2 is 2.08 bits per heavy atom. The van der Waals surface area contributed by atoms with Crippen molar-refractivity contribution in [1.82, 2.24) is 5.32 Å². The lowest BCUT2D eigenvalue weighted by molar-refractivity contribution is -0.118. The Kier molecular flexibility index (Phi) is 4.37. The molecule has 0 saturated carbocycles. The summed E-state index contributed by atoms with van der Waals surface area (Å²) in [5.74, 6) is 0.611. The van der Waals surface area contributed by atoms with Crippen molar-refractivity contribution in [3.63, 3.8) is 0 Å². The number of carbonyl (C=O) groups excluding carboxylic acids is 2. The molecule has 1 heterocycles. The van der Waals surface area contributed by atoms with Gasteiger partial charge >= 0.3 is 0 Å². The Morgan fingerprint density at radius 3 is 2.96 bits per heavy atom. The number of benzene rings is 2. The molecule has 134 valence electrons. The van der Waals surface area contributed by atoms with Gasteiger partial charge in [0.1, 0.15) is 5.75 Å². The van der Waals surface area contributed by atoms with Crippen molar-refractivity contribution in [2.75, 3.05) is 11.9 Å². The SMILES string of the molecule is C[C@@H]1CCCc2ccccc2[C@@H]1NC(=O)c1ccc2c(c1)NC(=O)CO2. The first-order valence-electron chi connectivity index (χ1n) is 9.07. The summed E-state index contributed by atoms with van der Waals surface area (Å²) in [5, 5.41) is 5.96. The highest BCUT2D eigenvalue weighted by atomic mass is 16.5. The lowest BCUT2D eigenvalue weighted by Crippen LogP contribution is -2.33. The maximum absolute atomic E-state index is 12.9. The Balaban J connectivity index is 1.60. The van der Waals surface area contributed by atoms with Crippen molar-refractivity contribution in [3.05, 3.63) is 59.2 Å². The summed E-state index contributed by atoms with van der Waals surface area (Å²) in [6.07, 6.45) is 3.26. The molecular weight excluding hydrogens is 328 g/mol. The normalized spacial score (nSPS) is 21.5. The second-order valence-electron chi connectivity index (χ2n) is 7.07. The highest BCUT2D eigenvalue weighted by Gasteiger charge is 2.27. The lowest BCUT2D eigenvalue weighted by Gasteiger charge is -2.25. The van der Waals surface area contributed by atoms with E-state index in [4.69, 9.17) is 4.74 Å². The van der Waals surface area contributed by atoms with Gasteiger partial charge in [-0.25, -0.2) is 0 Å². The molecule has 2 atom stereocenters. The zero-order chi connectivity index (χ0) is 18.1. The topological polar surface area (TPSA) is 67.4 Å². The zero-order valence-electron chi connectivity index (χ0n) is 14.7. The highest BCUT2D eigenvalue weighted by molar-refractivity contribution is 6.00. The van der Waals surface area contributed by atoms with E-state index in [2.05, 4.69) is 35.8 Å². The first kappa shape index (κ1) is 16.6. The Morgan fingerprint density at radius 1 is 1.23 bits per heavy atom. The summed E-state index contributed by atoms with van der Waals surface area (Å²) in [4.78, 5) is 24.4. The van der Waals surface area contributed by atoms with Crippen LogP contribution in [0.2, 0.25) is 0 Å². The summed E-state index contributed by atoms with van der Waals surface area (Å²) < 4.78 is 5.36. The smallest absolute Gasteiger partial charge is 0.262 e. The molecular formula is C21H22N2O3. The van der Waals surface area contributed by atoms with Gasteiger partial charge in [-0.05, 0) is 54.5 Å². The van der Waals surface area contributed by atoms with E-state index in [1.165, 1.54) is 11.1 Å². The monoisotopic (exact) mass is 350 g/mol. The number of nitrogens with one attached hydrogen (secondary N) is 2. The van der Waals surface area contributed by atoms with Crippen molar-refractivity contribution < 1.29 is 14.3 Å². The quantitative estimate of drug-likeness (QED) is 0.815. The second-order valence-corrected chi connectivity index (χ2v) is 7.07. The number of amides is 2. The second kappa shape index (κ2) is 6.83. The summed E-state index contributed by atoms with van der Waals surface area (Å²) in [6.45, 7) is 2.20. The van der Waals surface area contributed by atoms with E-state index in [0.717, 1.165) is 19.3 Å². The molecule has 5 nitrogen and oxygen atoms in total. The van der Waals surface area contributed by atoms with Crippen LogP contribution >= 0.6 is 0 Å². The van der Waals surface area contributed by atoms with Crippen LogP contribution in [-0.2, 0) is 11.2 Å². The van der Waals surface area contributed by atoms with E-state index in [1.54, 1.807) is 18.2 Å². The average Bonchev–Trinajstić information content (AvgIpc) is 2.80. The summed E-state index contributed by atoms with van der Waals surface area (Å²) in [6, 6.07) is 13.5. The predicted molar refractivity (Wildman–Crippen MR) is 99.3 cm³/mol. The minimum Gasteiger partial charge on any atom is -0.482 e. The number of hydrogen-bond acceptors (Lipinski definition) is 3. The molecule has 0 radical (unpaired) electrons. The third kappa shape index (κ3) is 3.17. The molecule has 26 heavy (non-hydrogen) atoms. The van der Waals surface area contributed by atoms with E-state index in [1.807, 2.05) is 6.07 Å². The molecule has 2 aromatic rings. The third-order valence-corrected chi connectivity index (χ3v) is 5.23. The fourth-order valence-corrected chi connectivity index (χ4v) is 3.82. The number of carbonyl (C=O) groups is 2. The average molecular weight is 350 g/mol. The van der Waals surface area contributed by atoms with Gasteiger partial charge in [-0.2, -0.15) is 0 Å². The summed E-state index contributed by atoms with van der Waals surface area (Å²) in [5.41, 5.74) is 3.58. The van der Waals surface area contributed by atoms with Gasteiger partial charge in [0.05, 0.1) is 11.7 Å². The van der Waals surface area contributed by atoms with Crippen LogP contribution in [0.4, 0.5) is 5.69 Å². The predicted octanol–water partition coefficient (Wildman–Crippen LogP) is 3.46. The van der Waals surface area contributed by atoms with E-state index >= 15 is 0 Å². The molecule has 5 heteroatoms. The summed E-state index contributed by atoms with van der Waals surface area (Å²) in [7, 11) is 0. The molecule has 1 aliphatic heterocycles. The van der Waals surface area contributed by atoms with Crippen LogP contribution in [-0.4, -0.2) is 18.4 Å². The first-order chi connectivity index (χ1) is 12.6. The Bertz CT molecular complexity index is 862. The molecule has 2 N–H and O–H groups in total. The first-order valence-corrected chi connectivity index (χ1v) is 9.07. The van der Waals surface area contributed by atoms with Crippen LogP contribution in [0, 0.1) is 5.92 Å². The van der Waals surface area contributed by atoms with Gasteiger partial charge < -0.3 is 15.4 Å². The molecule has 1 aliphatic carbocycles. The van der Waals surface area contributed by atoms with Gasteiger partial charge in [-0.15, -0.1) is 0 Å². The van der Waals surface area contributed by atoms with Crippen molar-refractivity contribution >= 4 is 17.5 Å². The molecule has 2 aromatic carbocycles. The van der Waals surface area contributed by atoms with Crippen LogP contribution in [0.3, 0.4) is 0 Å². The van der Waals surface area contributed by atoms with Gasteiger partial charge in [-0.1, -0.05) is 31.2 Å². The van der Waals surface area contributed by atoms with Gasteiger partial charge in [0.15, 0.2) is 6.61 Å². The molecule has 2 aliphatic rings. The van der Waals surface area contributed by atoms with E-state index in [9.17, 15) is 9.59 Å². The van der Waals surface area contributed by atoms with Gasteiger partial charge in [0.2, 0.25) is 0 Å².